The number of nitriles is 1. The van der Waals surface area contributed by atoms with Crippen LogP contribution in [-0.2, 0) is 12.6 Å². The third-order valence-electron chi connectivity index (χ3n) is 4.44. The third kappa shape index (κ3) is 4.49. The highest BCUT2D eigenvalue weighted by molar-refractivity contribution is 7.64. The summed E-state index contributed by atoms with van der Waals surface area (Å²) in [5.74, 6) is 0. The highest BCUT2D eigenvalue weighted by atomic mass is 32.1. The van der Waals surface area contributed by atoms with Crippen LogP contribution in [0.15, 0.2) is 91.0 Å². The second-order valence-corrected chi connectivity index (χ2v) is 6.17. The van der Waals surface area contributed by atoms with E-state index < -0.39 is 0 Å². The Balaban J connectivity index is 0.000000758. The van der Waals surface area contributed by atoms with Crippen molar-refractivity contribution in [1.29, 1.82) is 5.26 Å². The van der Waals surface area contributed by atoms with Crippen molar-refractivity contribution in [3.63, 3.8) is 0 Å². The Morgan fingerprint density at radius 2 is 1.04 bits per heavy atom. The number of para-hydroxylation sites is 3. The first-order valence-corrected chi connectivity index (χ1v) is 9.26. The van der Waals surface area contributed by atoms with Crippen molar-refractivity contribution < 1.29 is 0 Å². The van der Waals surface area contributed by atoms with Crippen LogP contribution in [-0.4, -0.2) is 6.54 Å². The van der Waals surface area contributed by atoms with Crippen LogP contribution in [0, 0.1) is 10.7 Å². The van der Waals surface area contributed by atoms with Crippen molar-refractivity contribution in [2.75, 3.05) is 6.54 Å². The summed E-state index contributed by atoms with van der Waals surface area (Å²) in [6, 6.07) is 32.6. The van der Waals surface area contributed by atoms with E-state index in [1.54, 1.807) is 0 Å². The second-order valence-electron chi connectivity index (χ2n) is 5.98. The van der Waals surface area contributed by atoms with Gasteiger partial charge in [-0.1, -0.05) is 73.3 Å². The maximum atomic E-state index is 7.13. The zero-order chi connectivity index (χ0) is 18.7. The van der Waals surface area contributed by atoms with Gasteiger partial charge >= 0.3 is 0 Å². The Morgan fingerprint density at radius 3 is 1.31 bits per heavy atom. The molecule has 3 rings (SSSR count). The monoisotopic (exact) mass is 360 g/mol. The maximum Gasteiger partial charge on any atom is 0.143 e. The van der Waals surface area contributed by atoms with Gasteiger partial charge in [0.25, 0.3) is 0 Å². The first-order valence-electron chi connectivity index (χ1n) is 8.85. The number of unbranched alkanes of at least 4 members (excludes halogenated alkanes) is 1. The predicted molar refractivity (Wildman–Crippen MR) is 113 cm³/mol. The van der Waals surface area contributed by atoms with Crippen molar-refractivity contribution in [3.05, 3.63) is 91.0 Å². The van der Waals surface area contributed by atoms with E-state index in [9.17, 15) is 0 Å². The fourth-order valence-electron chi connectivity index (χ4n) is 3.28. The topological polar surface area (TPSA) is 23.8 Å². The molecule has 0 aromatic heterocycles. The van der Waals surface area contributed by atoms with Gasteiger partial charge in [0.05, 0.1) is 6.54 Å². The van der Waals surface area contributed by atoms with Crippen LogP contribution in [0.1, 0.15) is 19.8 Å². The lowest BCUT2D eigenvalue weighted by atomic mass is 10.1. The van der Waals surface area contributed by atoms with Crippen LogP contribution in [0.2, 0.25) is 0 Å². The summed E-state index contributed by atoms with van der Waals surface area (Å²) in [6.07, 6.45) is 2.37. The first kappa shape index (κ1) is 19.7. The van der Waals surface area contributed by atoms with Crippen molar-refractivity contribution in [1.82, 2.24) is 4.48 Å². The molecule has 0 N–H and O–H groups in total. The maximum absolute atomic E-state index is 7.13. The fourth-order valence-corrected chi connectivity index (χ4v) is 3.28. The molecule has 0 aliphatic heterocycles. The molecule has 0 atom stereocenters. The van der Waals surface area contributed by atoms with Gasteiger partial charge in [-0.2, -0.15) is 0 Å². The van der Waals surface area contributed by atoms with Gasteiger partial charge in [0.1, 0.15) is 17.1 Å². The lowest BCUT2D eigenvalue weighted by molar-refractivity contribution is 0.495. The van der Waals surface area contributed by atoms with Gasteiger partial charge in [-0.3, -0.25) is 0 Å². The van der Waals surface area contributed by atoms with E-state index in [4.69, 9.17) is 5.26 Å². The Hall–Kier alpha value is -2.67. The summed E-state index contributed by atoms with van der Waals surface area (Å²) in [6.45, 7) is 3.32. The first-order chi connectivity index (χ1) is 12.8. The van der Waals surface area contributed by atoms with Crippen molar-refractivity contribution in [3.8, 4) is 5.40 Å². The molecule has 0 fully saturated rings. The number of nitrogens with zero attached hydrogens (tertiary/aromatic N) is 2. The number of hydrogen-bond acceptors (Lipinski definition) is 2. The van der Waals surface area contributed by atoms with Crippen LogP contribution >= 0.6 is 0 Å². The van der Waals surface area contributed by atoms with E-state index in [-0.39, 0.29) is 0 Å². The molecule has 3 aromatic rings. The third-order valence-corrected chi connectivity index (χ3v) is 4.44. The molecular formula is C23H24N2S. The summed E-state index contributed by atoms with van der Waals surface area (Å²) in [5, 5.41) is 8.47. The van der Waals surface area contributed by atoms with E-state index in [0.717, 1.165) is 11.0 Å². The van der Waals surface area contributed by atoms with E-state index in [0.29, 0.717) is 0 Å². The average Bonchev–Trinajstić information content (AvgIpc) is 2.72. The molecule has 3 heteroatoms. The van der Waals surface area contributed by atoms with Gasteiger partial charge in [-0.15, -0.1) is 0 Å². The molecule has 0 saturated heterocycles. The Morgan fingerprint density at radius 1 is 0.731 bits per heavy atom. The molecule has 0 amide bonds. The van der Waals surface area contributed by atoms with E-state index in [1.165, 1.54) is 35.3 Å². The van der Waals surface area contributed by atoms with Crippen LogP contribution in [0.3, 0.4) is 0 Å². The Bertz CT molecular complexity index is 699. The van der Waals surface area contributed by atoms with Gasteiger partial charge < -0.3 is 12.6 Å². The minimum atomic E-state index is 0.774. The molecule has 0 unspecified atom stereocenters. The van der Waals surface area contributed by atoms with Crippen LogP contribution in [0.4, 0.5) is 17.1 Å². The molecule has 3 aromatic carbocycles. The molecule has 26 heavy (non-hydrogen) atoms. The highest BCUT2D eigenvalue weighted by Gasteiger charge is 2.35. The molecule has 0 spiro atoms. The largest absolute Gasteiger partial charge is 0.696 e. The molecule has 0 heterocycles. The minimum absolute atomic E-state index is 0.774. The lowest BCUT2D eigenvalue weighted by Crippen LogP contribution is -2.39. The minimum Gasteiger partial charge on any atom is -0.696 e. The summed E-state index contributed by atoms with van der Waals surface area (Å²) in [7, 11) is 0. The normalized spacial score (nSPS) is 10.3. The van der Waals surface area contributed by atoms with E-state index >= 15 is 0 Å². The van der Waals surface area contributed by atoms with E-state index in [1.807, 2.05) is 0 Å². The van der Waals surface area contributed by atoms with Crippen LogP contribution in [0.25, 0.3) is 0 Å². The zero-order valence-corrected chi connectivity index (χ0v) is 15.9. The molecule has 2 nitrogen and oxygen atoms in total. The zero-order valence-electron chi connectivity index (χ0n) is 15.1. The molecule has 0 bridgehead atoms. The standard InChI is InChI=1S/C22H24N.CHNS/c1-2-3-19-23(20-13-7-4-8-14-20,21-15-9-5-10-16-21)22-17-11-6-12-18-22;2-1-3/h4-18H,2-3,19H2,1H3;3H/q+1;/p-1. The quantitative estimate of drug-likeness (QED) is 0.286. The van der Waals surface area contributed by atoms with Crippen molar-refractivity contribution >= 4 is 29.7 Å². The Kier molecular flexibility index (Phi) is 7.82. The number of quaternary nitrogens is 1. The van der Waals surface area contributed by atoms with Crippen molar-refractivity contribution in [2.24, 2.45) is 0 Å². The molecule has 0 radical (unpaired) electrons. The summed E-state index contributed by atoms with van der Waals surface area (Å²) < 4.78 is 0.774. The molecule has 0 saturated carbocycles. The van der Waals surface area contributed by atoms with E-state index in [2.05, 4.69) is 111 Å². The Labute approximate surface area is 162 Å². The van der Waals surface area contributed by atoms with Gasteiger partial charge in [-0.05, 0) is 42.8 Å². The predicted octanol–water partition coefficient (Wildman–Crippen LogP) is 6.47. The van der Waals surface area contributed by atoms with Crippen molar-refractivity contribution in [2.45, 2.75) is 19.8 Å². The molecule has 0 aliphatic carbocycles. The SMILES string of the molecule is CCCC[N+](c1ccccc1)(c1ccccc1)c1ccccc1.N#C[S-]. The smallest absolute Gasteiger partial charge is 0.143 e. The number of thiocyanates is 1. The summed E-state index contributed by atoms with van der Waals surface area (Å²) in [4.78, 5) is 0. The highest BCUT2D eigenvalue weighted by Crippen LogP contribution is 2.43. The van der Waals surface area contributed by atoms with Gasteiger partial charge in [0.15, 0.2) is 0 Å². The summed E-state index contributed by atoms with van der Waals surface area (Å²) >= 11 is 3.70. The number of benzene rings is 3. The number of rotatable bonds is 6. The molecular weight excluding hydrogens is 336 g/mol. The van der Waals surface area contributed by atoms with Crippen LogP contribution in [0.5, 0.6) is 0 Å². The fraction of sp³-hybridized carbons (Fsp3) is 0.174. The molecule has 132 valence electrons. The van der Waals surface area contributed by atoms with Crippen LogP contribution < -0.4 is 4.48 Å². The lowest BCUT2D eigenvalue weighted by Gasteiger charge is -2.37. The number of hydrogen-bond donors (Lipinski definition) is 0. The van der Waals surface area contributed by atoms with Gasteiger partial charge in [0.2, 0.25) is 0 Å². The average molecular weight is 361 g/mol. The van der Waals surface area contributed by atoms with Gasteiger partial charge in [0, 0.05) is 0 Å². The molecule has 0 aliphatic rings. The summed E-state index contributed by atoms with van der Waals surface area (Å²) in [5.41, 5.74) is 3.95. The second kappa shape index (κ2) is 10.4. The van der Waals surface area contributed by atoms with Gasteiger partial charge in [-0.25, -0.2) is 9.74 Å².